The molecule has 5 heteroatoms. The van der Waals surface area contributed by atoms with E-state index in [2.05, 4.69) is 0 Å². The van der Waals surface area contributed by atoms with Crippen molar-refractivity contribution in [2.45, 2.75) is 5.37 Å². The van der Waals surface area contributed by atoms with E-state index in [-0.39, 0.29) is 17.1 Å². The number of thioether (sulfide) groups is 1. The summed E-state index contributed by atoms with van der Waals surface area (Å²) >= 11 is 7.59. The number of halogens is 2. The molecule has 3 rings (SSSR count). The van der Waals surface area contributed by atoms with Gasteiger partial charge in [-0.25, -0.2) is 4.39 Å². The number of hydrogen-bond donors (Lipinski definition) is 0. The van der Waals surface area contributed by atoms with Gasteiger partial charge in [-0.2, -0.15) is 0 Å². The number of amides is 1. The third kappa shape index (κ3) is 3.06. The second-order valence-corrected chi connectivity index (χ2v) is 6.41. The van der Waals surface area contributed by atoms with Crippen molar-refractivity contribution >= 4 is 29.3 Å². The van der Waals surface area contributed by atoms with Crippen molar-refractivity contribution in [3.63, 3.8) is 0 Å². The molecule has 2 aromatic rings. The Hall–Kier alpha value is -1.52. The van der Waals surface area contributed by atoms with Crippen molar-refractivity contribution in [1.29, 1.82) is 0 Å². The third-order valence-electron chi connectivity index (χ3n) is 3.36. The van der Waals surface area contributed by atoms with Crippen LogP contribution in [0.5, 0.6) is 0 Å². The molecule has 0 spiro atoms. The van der Waals surface area contributed by atoms with Gasteiger partial charge in [-0.15, -0.1) is 11.8 Å². The Labute approximate surface area is 131 Å². The summed E-state index contributed by atoms with van der Waals surface area (Å²) in [7, 11) is 0. The van der Waals surface area contributed by atoms with Crippen LogP contribution in [0, 0.1) is 5.82 Å². The highest BCUT2D eigenvalue weighted by molar-refractivity contribution is 7.99. The lowest BCUT2D eigenvalue weighted by Gasteiger charge is -2.24. The maximum atomic E-state index is 13.4. The predicted octanol–water partition coefficient (Wildman–Crippen LogP) is 4.37. The van der Waals surface area contributed by atoms with E-state index < -0.39 is 0 Å². The molecule has 1 aliphatic heterocycles. The third-order valence-corrected chi connectivity index (χ3v) is 4.85. The van der Waals surface area contributed by atoms with Crippen LogP contribution in [0.2, 0.25) is 5.02 Å². The van der Waals surface area contributed by atoms with Gasteiger partial charge in [0.2, 0.25) is 0 Å². The molecular formula is C16H13ClFNOS. The number of hydrogen-bond acceptors (Lipinski definition) is 2. The van der Waals surface area contributed by atoms with Gasteiger partial charge in [0.25, 0.3) is 5.91 Å². The van der Waals surface area contributed by atoms with E-state index in [1.54, 1.807) is 47.0 Å². The lowest BCUT2D eigenvalue weighted by atomic mass is 10.1. The first-order valence-electron chi connectivity index (χ1n) is 6.59. The Kier molecular flexibility index (Phi) is 4.17. The Bertz CT molecular complexity index is 679. The first kappa shape index (κ1) is 14.4. The van der Waals surface area contributed by atoms with E-state index in [0.717, 1.165) is 11.3 Å². The monoisotopic (exact) mass is 321 g/mol. The van der Waals surface area contributed by atoms with E-state index in [1.807, 2.05) is 6.07 Å². The lowest BCUT2D eigenvalue weighted by Crippen LogP contribution is -2.30. The van der Waals surface area contributed by atoms with Crippen molar-refractivity contribution in [3.8, 4) is 0 Å². The maximum Gasteiger partial charge on any atom is 0.255 e. The van der Waals surface area contributed by atoms with Gasteiger partial charge < -0.3 is 4.90 Å². The van der Waals surface area contributed by atoms with Crippen molar-refractivity contribution in [3.05, 3.63) is 70.5 Å². The second-order valence-electron chi connectivity index (χ2n) is 4.79. The molecule has 1 saturated heterocycles. The zero-order valence-electron chi connectivity index (χ0n) is 11.1. The molecule has 1 unspecified atom stereocenters. The number of rotatable bonds is 2. The summed E-state index contributed by atoms with van der Waals surface area (Å²) in [5.74, 6) is 0.486. The smallest absolute Gasteiger partial charge is 0.255 e. The lowest BCUT2D eigenvalue weighted by molar-refractivity contribution is 0.0760. The molecule has 0 bridgehead atoms. The first-order chi connectivity index (χ1) is 10.1. The van der Waals surface area contributed by atoms with E-state index in [4.69, 9.17) is 11.6 Å². The SMILES string of the molecule is O=C(c1cccc(Cl)c1)N1CCSC1c1cccc(F)c1. The fraction of sp³-hybridized carbons (Fsp3) is 0.188. The van der Waals surface area contributed by atoms with Gasteiger partial charge in [0, 0.05) is 22.9 Å². The molecule has 0 saturated carbocycles. The van der Waals surface area contributed by atoms with Gasteiger partial charge in [0.05, 0.1) is 0 Å². The van der Waals surface area contributed by atoms with Gasteiger partial charge in [-0.3, -0.25) is 4.79 Å². The van der Waals surface area contributed by atoms with Gasteiger partial charge in [0.15, 0.2) is 0 Å². The molecule has 2 aromatic carbocycles. The average molecular weight is 322 g/mol. The topological polar surface area (TPSA) is 20.3 Å². The molecular weight excluding hydrogens is 309 g/mol. The Balaban J connectivity index is 1.89. The van der Waals surface area contributed by atoms with Crippen LogP contribution in [0.4, 0.5) is 4.39 Å². The molecule has 1 atom stereocenters. The summed E-state index contributed by atoms with van der Waals surface area (Å²) in [4.78, 5) is 14.4. The van der Waals surface area contributed by atoms with Crippen LogP contribution in [0.1, 0.15) is 21.3 Å². The summed E-state index contributed by atoms with van der Waals surface area (Å²) < 4.78 is 13.4. The van der Waals surface area contributed by atoms with Crippen molar-refractivity contribution in [2.24, 2.45) is 0 Å². The molecule has 0 radical (unpaired) electrons. The Morgan fingerprint density at radius 1 is 1.24 bits per heavy atom. The van der Waals surface area contributed by atoms with E-state index in [1.165, 1.54) is 12.1 Å². The average Bonchev–Trinajstić information content (AvgIpc) is 2.96. The normalized spacial score (nSPS) is 18.0. The molecule has 0 aliphatic carbocycles. The quantitative estimate of drug-likeness (QED) is 0.818. The Morgan fingerprint density at radius 2 is 2.05 bits per heavy atom. The minimum atomic E-state index is -0.282. The molecule has 1 heterocycles. The zero-order chi connectivity index (χ0) is 14.8. The molecule has 1 aliphatic rings. The number of nitrogens with zero attached hydrogens (tertiary/aromatic N) is 1. The van der Waals surface area contributed by atoms with Gasteiger partial charge in [0.1, 0.15) is 11.2 Å². The molecule has 2 nitrogen and oxygen atoms in total. The fourth-order valence-corrected chi connectivity index (χ4v) is 3.84. The predicted molar refractivity (Wildman–Crippen MR) is 84.1 cm³/mol. The summed E-state index contributed by atoms with van der Waals surface area (Å²) in [5.41, 5.74) is 1.37. The fourth-order valence-electron chi connectivity index (χ4n) is 2.40. The minimum Gasteiger partial charge on any atom is -0.322 e. The number of carbonyl (C=O) groups excluding carboxylic acids is 1. The largest absolute Gasteiger partial charge is 0.322 e. The maximum absolute atomic E-state index is 13.4. The molecule has 1 amide bonds. The summed E-state index contributed by atoms with van der Waals surface area (Å²) in [5, 5.41) is 0.391. The molecule has 21 heavy (non-hydrogen) atoms. The molecule has 0 aromatic heterocycles. The zero-order valence-corrected chi connectivity index (χ0v) is 12.7. The van der Waals surface area contributed by atoms with Crippen molar-refractivity contribution in [2.75, 3.05) is 12.3 Å². The highest BCUT2D eigenvalue weighted by Gasteiger charge is 2.31. The van der Waals surface area contributed by atoms with Crippen molar-refractivity contribution < 1.29 is 9.18 Å². The standard InChI is InChI=1S/C16H13ClFNOS/c17-13-5-1-3-11(9-13)15(20)19-7-8-21-16(19)12-4-2-6-14(18)10-12/h1-6,9-10,16H,7-8H2. The van der Waals surface area contributed by atoms with Gasteiger partial charge in [-0.05, 0) is 35.9 Å². The van der Waals surface area contributed by atoms with Crippen LogP contribution in [0.25, 0.3) is 0 Å². The second kappa shape index (κ2) is 6.08. The highest BCUT2D eigenvalue weighted by Crippen LogP contribution is 2.38. The summed E-state index contributed by atoms with van der Waals surface area (Å²) in [6.45, 7) is 0.650. The molecule has 0 N–H and O–H groups in total. The Morgan fingerprint density at radius 3 is 2.81 bits per heavy atom. The van der Waals surface area contributed by atoms with E-state index >= 15 is 0 Å². The van der Waals surface area contributed by atoms with Crippen LogP contribution in [-0.2, 0) is 0 Å². The minimum absolute atomic E-state index is 0.0724. The molecule has 108 valence electrons. The number of benzene rings is 2. The highest BCUT2D eigenvalue weighted by atomic mass is 35.5. The van der Waals surface area contributed by atoms with E-state index in [0.29, 0.717) is 17.1 Å². The van der Waals surface area contributed by atoms with Gasteiger partial charge >= 0.3 is 0 Å². The van der Waals surface area contributed by atoms with Crippen molar-refractivity contribution in [1.82, 2.24) is 4.90 Å². The summed E-state index contributed by atoms with van der Waals surface area (Å²) in [6.07, 6.45) is 0. The van der Waals surface area contributed by atoms with Crippen LogP contribution < -0.4 is 0 Å². The van der Waals surface area contributed by atoms with Gasteiger partial charge in [-0.1, -0.05) is 29.8 Å². The van der Waals surface area contributed by atoms with Crippen LogP contribution in [-0.4, -0.2) is 23.1 Å². The van der Waals surface area contributed by atoms with E-state index in [9.17, 15) is 9.18 Å². The van der Waals surface area contributed by atoms with Crippen LogP contribution in [0.3, 0.4) is 0 Å². The molecule has 1 fully saturated rings. The van der Waals surface area contributed by atoms with Crippen LogP contribution in [0.15, 0.2) is 48.5 Å². The first-order valence-corrected chi connectivity index (χ1v) is 8.01. The van der Waals surface area contributed by atoms with Crippen LogP contribution >= 0.6 is 23.4 Å². The number of carbonyl (C=O) groups is 1. The summed E-state index contributed by atoms with van der Waals surface area (Å²) in [6, 6.07) is 13.3.